The number of halogens is 2. The van der Waals surface area contributed by atoms with Crippen LogP contribution in [0, 0.1) is 0 Å². The maximum Gasteiger partial charge on any atom is 0.338 e. The van der Waals surface area contributed by atoms with Crippen molar-refractivity contribution in [1.82, 2.24) is 10.3 Å². The van der Waals surface area contributed by atoms with Crippen LogP contribution in [0.3, 0.4) is 0 Å². The van der Waals surface area contributed by atoms with Crippen molar-refractivity contribution >= 4 is 50.7 Å². The number of allylic oxidation sites excluding steroid dienone is 1. The zero-order valence-corrected chi connectivity index (χ0v) is 15.8. The maximum absolute atomic E-state index is 12.3. The average Bonchev–Trinajstić information content (AvgIpc) is 3.15. The molecule has 0 fully saturated rings. The summed E-state index contributed by atoms with van der Waals surface area (Å²) in [6.07, 6.45) is 1.72. The molecule has 8 heteroatoms. The first-order valence-electron chi connectivity index (χ1n) is 7.01. The summed E-state index contributed by atoms with van der Waals surface area (Å²) in [5, 5.41) is 6.92. The molecule has 0 amide bonds. The van der Waals surface area contributed by atoms with E-state index in [1.807, 2.05) is 17.5 Å². The first-order valence-corrected chi connectivity index (χ1v) is 9.39. The Kier molecular flexibility index (Phi) is 5.33. The highest BCUT2D eigenvalue weighted by Gasteiger charge is 2.32. The third-order valence-electron chi connectivity index (χ3n) is 3.49. The summed E-state index contributed by atoms with van der Waals surface area (Å²) in [5.41, 5.74) is 2.04. The van der Waals surface area contributed by atoms with Gasteiger partial charge in [0.1, 0.15) is 6.04 Å². The molecule has 0 saturated carbocycles. The molecule has 1 atom stereocenters. The molecule has 1 aromatic carbocycles. The monoisotopic (exact) mass is 425 g/mol. The molecule has 0 bridgehead atoms. The van der Waals surface area contributed by atoms with Gasteiger partial charge >= 0.3 is 5.97 Å². The number of aromatic nitrogens is 1. The summed E-state index contributed by atoms with van der Waals surface area (Å²) < 4.78 is 4.96. The average molecular weight is 427 g/mol. The molecule has 0 aliphatic carbocycles. The lowest BCUT2D eigenvalue weighted by Crippen LogP contribution is -2.34. The summed E-state index contributed by atoms with van der Waals surface area (Å²) >= 11 is 10.9. The van der Waals surface area contributed by atoms with Gasteiger partial charge in [-0.15, -0.1) is 11.3 Å². The van der Waals surface area contributed by atoms with E-state index < -0.39 is 12.0 Å². The highest BCUT2D eigenvalue weighted by Crippen LogP contribution is 2.33. The molecule has 1 aliphatic rings. The molecule has 1 N–H and O–H groups in total. The van der Waals surface area contributed by atoms with Crippen molar-refractivity contribution < 1.29 is 9.53 Å². The minimum absolute atomic E-state index is 0.418. The van der Waals surface area contributed by atoms with Gasteiger partial charge in [0.25, 0.3) is 0 Å². The molecule has 24 heavy (non-hydrogen) atoms. The number of benzene rings is 1. The van der Waals surface area contributed by atoms with Gasteiger partial charge < -0.3 is 10.1 Å². The summed E-state index contributed by atoms with van der Waals surface area (Å²) in [4.78, 5) is 21.3. The Morgan fingerprint density at radius 1 is 1.42 bits per heavy atom. The van der Waals surface area contributed by atoms with Crippen molar-refractivity contribution in [2.24, 2.45) is 4.99 Å². The minimum Gasteiger partial charge on any atom is -0.466 e. The normalized spacial score (nSPS) is 17.3. The van der Waals surface area contributed by atoms with Crippen LogP contribution < -0.4 is 5.32 Å². The molecular weight excluding hydrogens is 414 g/mol. The zero-order chi connectivity index (χ0) is 17.1. The molecule has 2 heterocycles. The van der Waals surface area contributed by atoms with Crippen LogP contribution in [0.4, 0.5) is 0 Å². The summed E-state index contributed by atoms with van der Waals surface area (Å²) in [6, 6.07) is 6.79. The number of carbonyl (C=O) groups excluding carboxylic acids is 1. The molecule has 0 unspecified atom stereocenters. The maximum atomic E-state index is 12.3. The SMILES string of the molecule is COC(=O)C1=C(CBr)NC(c2nccs2)=N[C@H]1c1ccc(Cl)cc1. The van der Waals surface area contributed by atoms with Gasteiger partial charge in [-0.3, -0.25) is 4.99 Å². The van der Waals surface area contributed by atoms with Crippen LogP contribution in [0.15, 0.2) is 52.1 Å². The van der Waals surface area contributed by atoms with E-state index in [0.717, 1.165) is 10.6 Å². The van der Waals surface area contributed by atoms with Gasteiger partial charge in [-0.2, -0.15) is 0 Å². The van der Waals surface area contributed by atoms with E-state index in [1.54, 1.807) is 18.3 Å². The van der Waals surface area contributed by atoms with Crippen LogP contribution in [-0.4, -0.2) is 29.2 Å². The summed E-state index contributed by atoms with van der Waals surface area (Å²) in [5.74, 6) is 0.214. The molecule has 0 spiro atoms. The number of thiazole rings is 1. The van der Waals surface area contributed by atoms with Gasteiger partial charge in [0.05, 0.1) is 12.7 Å². The Bertz CT molecular complexity index is 803. The van der Waals surface area contributed by atoms with Crippen molar-refractivity contribution in [2.75, 3.05) is 12.4 Å². The number of rotatable bonds is 4. The first kappa shape index (κ1) is 17.1. The molecule has 5 nitrogen and oxygen atoms in total. The Morgan fingerprint density at radius 3 is 2.75 bits per heavy atom. The lowest BCUT2D eigenvalue weighted by Gasteiger charge is -2.26. The molecular formula is C16H13BrClN3O2S. The Balaban J connectivity index is 2.12. The van der Waals surface area contributed by atoms with Crippen LogP contribution in [-0.2, 0) is 9.53 Å². The van der Waals surface area contributed by atoms with Crippen molar-refractivity contribution in [1.29, 1.82) is 0 Å². The fourth-order valence-electron chi connectivity index (χ4n) is 2.39. The quantitative estimate of drug-likeness (QED) is 0.598. The topological polar surface area (TPSA) is 63.6 Å². The van der Waals surface area contributed by atoms with Crippen LogP contribution in [0.1, 0.15) is 16.6 Å². The van der Waals surface area contributed by atoms with E-state index in [0.29, 0.717) is 27.5 Å². The number of hydrogen-bond donors (Lipinski definition) is 1. The second kappa shape index (κ2) is 7.46. The number of amidine groups is 1. The molecule has 2 aromatic rings. The summed E-state index contributed by atoms with van der Waals surface area (Å²) in [6.45, 7) is 0. The summed E-state index contributed by atoms with van der Waals surface area (Å²) in [7, 11) is 1.36. The number of aliphatic imine (C=N–C) groups is 1. The fraction of sp³-hybridized carbons (Fsp3) is 0.188. The molecule has 0 saturated heterocycles. The minimum atomic E-state index is -0.484. The number of methoxy groups -OCH3 is 1. The predicted octanol–water partition coefficient (Wildman–Crippen LogP) is 3.71. The fourth-order valence-corrected chi connectivity index (χ4v) is 3.54. The van der Waals surface area contributed by atoms with Gasteiger partial charge in [0.15, 0.2) is 10.8 Å². The second-order valence-corrected chi connectivity index (χ2v) is 6.80. The van der Waals surface area contributed by atoms with Crippen molar-refractivity contribution in [3.63, 3.8) is 0 Å². The molecule has 124 valence electrons. The lowest BCUT2D eigenvalue weighted by atomic mass is 9.96. The van der Waals surface area contributed by atoms with Crippen LogP contribution in [0.2, 0.25) is 5.02 Å². The third kappa shape index (κ3) is 3.38. The highest BCUT2D eigenvalue weighted by molar-refractivity contribution is 9.09. The van der Waals surface area contributed by atoms with Gasteiger partial charge in [-0.05, 0) is 17.7 Å². The van der Waals surface area contributed by atoms with Crippen LogP contribution in [0.25, 0.3) is 0 Å². The van der Waals surface area contributed by atoms with Gasteiger partial charge in [0.2, 0.25) is 0 Å². The van der Waals surface area contributed by atoms with Crippen LogP contribution >= 0.6 is 38.9 Å². The van der Waals surface area contributed by atoms with Gasteiger partial charge in [-0.25, -0.2) is 9.78 Å². The number of alkyl halides is 1. The Labute approximate surface area is 156 Å². The molecule has 1 aliphatic heterocycles. The first-order chi connectivity index (χ1) is 11.6. The zero-order valence-electron chi connectivity index (χ0n) is 12.6. The highest BCUT2D eigenvalue weighted by atomic mass is 79.9. The Hall–Kier alpha value is -1.70. The second-order valence-electron chi connectivity index (χ2n) is 4.91. The largest absolute Gasteiger partial charge is 0.466 e. The number of hydrogen-bond acceptors (Lipinski definition) is 6. The van der Waals surface area contributed by atoms with Gasteiger partial charge in [0, 0.05) is 27.6 Å². The van der Waals surface area contributed by atoms with E-state index in [1.165, 1.54) is 18.4 Å². The van der Waals surface area contributed by atoms with Crippen molar-refractivity contribution in [3.05, 3.63) is 62.7 Å². The van der Waals surface area contributed by atoms with E-state index in [-0.39, 0.29) is 0 Å². The van der Waals surface area contributed by atoms with Crippen LogP contribution in [0.5, 0.6) is 0 Å². The standard InChI is InChI=1S/C16H13BrClN3O2S/c1-23-16(22)12-11(8-17)20-14(15-19-6-7-24-15)21-13(12)9-2-4-10(18)5-3-9/h2-7,13H,8H2,1H3,(H,20,21)/t13-/m0/s1. The third-order valence-corrected chi connectivity index (χ3v) is 5.08. The van der Waals surface area contributed by atoms with E-state index in [4.69, 9.17) is 21.3 Å². The predicted molar refractivity (Wildman–Crippen MR) is 98.8 cm³/mol. The lowest BCUT2D eigenvalue weighted by molar-refractivity contribution is -0.136. The number of ether oxygens (including phenoxy) is 1. The number of esters is 1. The Morgan fingerprint density at radius 2 is 2.17 bits per heavy atom. The number of nitrogens with zero attached hydrogens (tertiary/aromatic N) is 2. The van der Waals surface area contributed by atoms with Gasteiger partial charge in [-0.1, -0.05) is 39.7 Å². The van der Waals surface area contributed by atoms with E-state index >= 15 is 0 Å². The number of nitrogens with one attached hydrogen (secondary N) is 1. The van der Waals surface area contributed by atoms with Crippen molar-refractivity contribution in [2.45, 2.75) is 6.04 Å². The number of carbonyl (C=O) groups is 1. The molecule has 1 aromatic heterocycles. The smallest absolute Gasteiger partial charge is 0.338 e. The molecule has 3 rings (SSSR count). The van der Waals surface area contributed by atoms with Crippen molar-refractivity contribution in [3.8, 4) is 0 Å². The van der Waals surface area contributed by atoms with E-state index in [2.05, 4.69) is 26.2 Å². The molecule has 0 radical (unpaired) electrons. The van der Waals surface area contributed by atoms with E-state index in [9.17, 15) is 4.79 Å².